The number of carbonyl (C=O) groups is 2. The molecule has 2 amide bonds. The van der Waals surface area contributed by atoms with Crippen LogP contribution in [0.3, 0.4) is 0 Å². The van der Waals surface area contributed by atoms with Crippen molar-refractivity contribution in [1.82, 2.24) is 10.2 Å². The van der Waals surface area contributed by atoms with Crippen LogP contribution in [0.25, 0.3) is 0 Å². The van der Waals surface area contributed by atoms with Gasteiger partial charge in [-0.15, -0.1) is 11.6 Å². The molecule has 7 heteroatoms. The molecule has 2 rings (SSSR count). The van der Waals surface area contributed by atoms with Gasteiger partial charge >= 0.3 is 0 Å². The summed E-state index contributed by atoms with van der Waals surface area (Å²) in [4.78, 5) is 27.2. The lowest BCUT2D eigenvalue weighted by Gasteiger charge is -2.37. The molecule has 0 bridgehead atoms. The van der Waals surface area contributed by atoms with Crippen LogP contribution < -0.4 is 5.32 Å². The molecule has 0 unspecified atom stereocenters. The molecule has 1 fully saturated rings. The number of alkyl halides is 1. The smallest absolute Gasteiger partial charge is 0.247 e. The molecular formula is C21H30ClFN2O3. The molecule has 0 radical (unpaired) electrons. The van der Waals surface area contributed by atoms with E-state index in [4.69, 9.17) is 16.3 Å². The van der Waals surface area contributed by atoms with Crippen molar-refractivity contribution in [1.29, 1.82) is 0 Å². The van der Waals surface area contributed by atoms with Crippen molar-refractivity contribution in [3.05, 3.63) is 35.6 Å². The largest absolute Gasteiger partial charge is 0.383 e. The van der Waals surface area contributed by atoms with Gasteiger partial charge in [-0.2, -0.15) is 0 Å². The molecule has 4 atom stereocenters. The number of benzene rings is 1. The predicted octanol–water partition coefficient (Wildman–Crippen LogP) is 3.52. The third-order valence-electron chi connectivity index (χ3n) is 5.75. The Bertz CT molecular complexity index is 656. The van der Waals surface area contributed by atoms with Crippen LogP contribution in [0.15, 0.2) is 24.3 Å². The zero-order chi connectivity index (χ0) is 20.7. The lowest BCUT2D eigenvalue weighted by atomic mass is 9.78. The van der Waals surface area contributed by atoms with Crippen molar-refractivity contribution < 1.29 is 18.7 Å². The third kappa shape index (κ3) is 5.67. The van der Waals surface area contributed by atoms with Crippen LogP contribution in [-0.4, -0.2) is 48.9 Å². The summed E-state index contributed by atoms with van der Waals surface area (Å²) < 4.78 is 18.5. The average molecular weight is 413 g/mol. The minimum absolute atomic E-state index is 0.0505. The van der Waals surface area contributed by atoms with Gasteiger partial charge in [0.1, 0.15) is 17.7 Å². The van der Waals surface area contributed by atoms with E-state index in [1.165, 1.54) is 36.3 Å². The number of carbonyl (C=O) groups excluding carboxylic acids is 2. The molecule has 5 nitrogen and oxygen atoms in total. The second-order valence-electron chi connectivity index (χ2n) is 7.55. The Morgan fingerprint density at radius 3 is 2.57 bits per heavy atom. The van der Waals surface area contributed by atoms with Crippen LogP contribution in [0.1, 0.15) is 44.7 Å². The highest BCUT2D eigenvalue weighted by Gasteiger charge is 2.34. The molecule has 1 saturated carbocycles. The first-order chi connectivity index (χ1) is 13.4. The maximum atomic E-state index is 13.4. The van der Waals surface area contributed by atoms with E-state index in [9.17, 15) is 14.0 Å². The Morgan fingerprint density at radius 1 is 1.29 bits per heavy atom. The van der Waals surface area contributed by atoms with E-state index in [1.807, 2.05) is 0 Å². The van der Waals surface area contributed by atoms with E-state index < -0.39 is 11.9 Å². The quantitative estimate of drug-likeness (QED) is 0.664. The Labute approximate surface area is 171 Å². The number of nitrogens with one attached hydrogen (secondary N) is 1. The van der Waals surface area contributed by atoms with Crippen LogP contribution in [0.4, 0.5) is 4.39 Å². The van der Waals surface area contributed by atoms with Crippen LogP contribution >= 0.6 is 11.6 Å². The van der Waals surface area contributed by atoms with E-state index in [-0.39, 0.29) is 36.9 Å². The van der Waals surface area contributed by atoms with Crippen LogP contribution in [0.5, 0.6) is 0 Å². The second kappa shape index (κ2) is 10.8. The van der Waals surface area contributed by atoms with Gasteiger partial charge in [0.15, 0.2) is 0 Å². The fourth-order valence-corrected chi connectivity index (χ4v) is 3.98. The summed E-state index contributed by atoms with van der Waals surface area (Å²) in [6, 6.07) is 4.82. The molecule has 0 aliphatic heterocycles. The minimum Gasteiger partial charge on any atom is -0.383 e. The fourth-order valence-electron chi connectivity index (χ4n) is 3.83. The molecule has 0 spiro atoms. The zero-order valence-electron chi connectivity index (χ0n) is 16.8. The summed E-state index contributed by atoms with van der Waals surface area (Å²) in [5.41, 5.74) is 0.546. The molecule has 1 aromatic carbocycles. The molecule has 0 heterocycles. The van der Waals surface area contributed by atoms with Crippen molar-refractivity contribution >= 4 is 23.4 Å². The molecule has 156 valence electrons. The SMILES string of the molecule is COCCN(C(=O)CCl)[C@H](C(=O)N[C@@H]1CCC[C@@H](C)[C@H]1C)c1ccc(F)cc1. The minimum atomic E-state index is -0.883. The fraction of sp³-hybridized carbons (Fsp3) is 0.619. The first-order valence-electron chi connectivity index (χ1n) is 9.79. The van der Waals surface area contributed by atoms with Crippen molar-refractivity contribution in [2.24, 2.45) is 11.8 Å². The molecule has 1 aliphatic carbocycles. The molecular weight excluding hydrogens is 383 g/mol. The molecule has 28 heavy (non-hydrogen) atoms. The molecule has 0 aromatic heterocycles. The number of rotatable bonds is 8. The molecule has 1 aromatic rings. The summed E-state index contributed by atoms with van der Waals surface area (Å²) in [7, 11) is 1.53. The lowest BCUT2D eigenvalue weighted by molar-refractivity contribution is -0.140. The maximum Gasteiger partial charge on any atom is 0.247 e. The van der Waals surface area contributed by atoms with Gasteiger partial charge in [0.25, 0.3) is 0 Å². The summed E-state index contributed by atoms with van der Waals surface area (Å²) in [5.74, 6) is -0.406. The van der Waals surface area contributed by atoms with E-state index in [2.05, 4.69) is 19.2 Å². The van der Waals surface area contributed by atoms with Gasteiger partial charge in [0, 0.05) is 19.7 Å². The molecule has 0 saturated heterocycles. The number of methoxy groups -OCH3 is 1. The van der Waals surface area contributed by atoms with E-state index in [0.717, 1.165) is 19.3 Å². The van der Waals surface area contributed by atoms with Gasteiger partial charge in [0.05, 0.1) is 6.61 Å². The highest BCUT2D eigenvalue weighted by Crippen LogP contribution is 2.30. The molecule has 1 aliphatic rings. The van der Waals surface area contributed by atoms with Crippen molar-refractivity contribution in [2.45, 2.75) is 45.2 Å². The Hall–Kier alpha value is -1.66. The van der Waals surface area contributed by atoms with E-state index >= 15 is 0 Å². The lowest BCUT2D eigenvalue weighted by Crippen LogP contribution is -2.50. The van der Waals surface area contributed by atoms with Crippen molar-refractivity contribution in [3.8, 4) is 0 Å². The summed E-state index contributed by atoms with van der Waals surface area (Å²) in [6.07, 6.45) is 3.13. The number of hydrogen-bond acceptors (Lipinski definition) is 3. The second-order valence-corrected chi connectivity index (χ2v) is 7.82. The van der Waals surface area contributed by atoms with Gasteiger partial charge in [-0.05, 0) is 36.0 Å². The first-order valence-corrected chi connectivity index (χ1v) is 10.3. The monoisotopic (exact) mass is 412 g/mol. The molecule has 1 N–H and O–H groups in total. The van der Waals surface area contributed by atoms with Gasteiger partial charge < -0.3 is 15.0 Å². The summed E-state index contributed by atoms with van der Waals surface area (Å²) >= 11 is 5.80. The topological polar surface area (TPSA) is 58.6 Å². The van der Waals surface area contributed by atoms with Crippen LogP contribution in [0, 0.1) is 17.7 Å². The van der Waals surface area contributed by atoms with Crippen molar-refractivity contribution in [3.63, 3.8) is 0 Å². The normalized spacial score (nSPS) is 23.1. The summed E-state index contributed by atoms with van der Waals surface area (Å²) in [5, 5.41) is 3.14. The van der Waals surface area contributed by atoms with Gasteiger partial charge in [-0.1, -0.05) is 38.8 Å². The third-order valence-corrected chi connectivity index (χ3v) is 5.98. The summed E-state index contributed by atoms with van der Waals surface area (Å²) in [6.45, 7) is 4.83. The first kappa shape index (κ1) is 22.6. The van der Waals surface area contributed by atoms with E-state index in [1.54, 1.807) is 0 Å². The standard InChI is InChI=1S/C21H30ClFN2O3/c1-14-5-4-6-18(15(14)2)24-21(27)20(16-7-9-17(23)10-8-16)25(11-12-28-3)19(26)13-22/h7-10,14-15,18,20H,4-6,11-13H2,1-3H3,(H,24,27)/t14-,15-,18-,20+/m1/s1. The zero-order valence-corrected chi connectivity index (χ0v) is 17.5. The van der Waals surface area contributed by atoms with Gasteiger partial charge in [-0.3, -0.25) is 9.59 Å². The van der Waals surface area contributed by atoms with Gasteiger partial charge in [-0.25, -0.2) is 4.39 Å². The number of hydrogen-bond donors (Lipinski definition) is 1. The van der Waals surface area contributed by atoms with Crippen LogP contribution in [-0.2, 0) is 14.3 Å². The highest BCUT2D eigenvalue weighted by atomic mass is 35.5. The van der Waals surface area contributed by atoms with Gasteiger partial charge in [0.2, 0.25) is 11.8 Å². The van der Waals surface area contributed by atoms with Crippen LogP contribution in [0.2, 0.25) is 0 Å². The predicted molar refractivity (Wildman–Crippen MR) is 108 cm³/mol. The Balaban J connectivity index is 2.31. The number of nitrogens with zero attached hydrogens (tertiary/aromatic N) is 1. The van der Waals surface area contributed by atoms with Crippen molar-refractivity contribution in [2.75, 3.05) is 26.1 Å². The Morgan fingerprint density at radius 2 is 1.96 bits per heavy atom. The number of halogens is 2. The maximum absolute atomic E-state index is 13.4. The highest BCUT2D eigenvalue weighted by molar-refractivity contribution is 6.27. The average Bonchev–Trinajstić information content (AvgIpc) is 2.69. The number of ether oxygens (including phenoxy) is 1. The van der Waals surface area contributed by atoms with E-state index in [0.29, 0.717) is 17.4 Å². The number of amides is 2. The Kier molecular flexibility index (Phi) is 8.70.